The van der Waals surface area contributed by atoms with E-state index in [1.165, 1.54) is 10.4 Å². The van der Waals surface area contributed by atoms with Crippen molar-refractivity contribution in [1.82, 2.24) is 9.27 Å². The Morgan fingerprint density at radius 2 is 2.23 bits per heavy atom. The van der Waals surface area contributed by atoms with Gasteiger partial charge in [0.1, 0.15) is 0 Å². The largest absolute Gasteiger partial charge is 0.390 e. The molecule has 0 atom stereocenters. The highest BCUT2D eigenvalue weighted by Gasteiger charge is 2.25. The fourth-order valence-corrected chi connectivity index (χ4v) is 2.33. The number of rotatable bonds is 2. The highest BCUT2D eigenvalue weighted by atomic mass is 32.1. The molecular formula is C9H14N2OS. The molecule has 2 rings (SSSR count). The van der Waals surface area contributed by atoms with Gasteiger partial charge in [-0.1, -0.05) is 0 Å². The van der Waals surface area contributed by atoms with Crippen LogP contribution in [-0.2, 0) is 6.54 Å². The third-order valence-electron chi connectivity index (χ3n) is 2.50. The Bertz CT molecular complexity index is 285. The van der Waals surface area contributed by atoms with E-state index >= 15 is 0 Å². The summed E-state index contributed by atoms with van der Waals surface area (Å²) in [7, 11) is 0. The quantitative estimate of drug-likeness (QED) is 0.768. The minimum atomic E-state index is -0.104. The Morgan fingerprint density at radius 3 is 2.69 bits per heavy atom. The van der Waals surface area contributed by atoms with Crippen LogP contribution in [0.25, 0.3) is 0 Å². The van der Waals surface area contributed by atoms with Gasteiger partial charge in [0.05, 0.1) is 11.8 Å². The van der Waals surface area contributed by atoms with Crippen molar-refractivity contribution >= 4 is 11.5 Å². The van der Waals surface area contributed by atoms with E-state index in [9.17, 15) is 0 Å². The van der Waals surface area contributed by atoms with Gasteiger partial charge in [0.15, 0.2) is 0 Å². The lowest BCUT2D eigenvalue weighted by Gasteiger charge is -2.35. The molecule has 0 aromatic carbocycles. The van der Waals surface area contributed by atoms with Gasteiger partial charge >= 0.3 is 0 Å². The molecule has 0 unspecified atom stereocenters. The molecule has 1 aromatic heterocycles. The van der Waals surface area contributed by atoms with Crippen LogP contribution in [0.2, 0.25) is 0 Å². The van der Waals surface area contributed by atoms with E-state index in [0.717, 1.165) is 25.3 Å². The molecule has 3 nitrogen and oxygen atoms in total. The molecule has 1 N–H and O–H groups in total. The number of hydrogen-bond acceptors (Lipinski definition) is 4. The lowest BCUT2D eigenvalue weighted by Crippen LogP contribution is -2.49. The number of hydrogen-bond donors (Lipinski definition) is 1. The molecular weight excluding hydrogens is 184 g/mol. The summed E-state index contributed by atoms with van der Waals surface area (Å²) in [6, 6.07) is 0. The van der Waals surface area contributed by atoms with Gasteiger partial charge in [-0.05, 0) is 25.4 Å². The standard InChI is InChI=1S/C9H14N2OS/c1-6-9(7(2)13-10-6)5-11-3-8(12)4-11/h8,12H,3-5H2,1-2H3. The van der Waals surface area contributed by atoms with Gasteiger partial charge in [0, 0.05) is 30.1 Å². The van der Waals surface area contributed by atoms with Crippen molar-refractivity contribution in [2.75, 3.05) is 13.1 Å². The molecule has 0 aliphatic carbocycles. The normalized spacial score (nSPS) is 19.0. The monoisotopic (exact) mass is 198 g/mol. The van der Waals surface area contributed by atoms with Crippen LogP contribution < -0.4 is 0 Å². The number of aryl methyl sites for hydroxylation is 2. The highest BCUT2D eigenvalue weighted by Crippen LogP contribution is 2.21. The Labute approximate surface area is 82.2 Å². The second kappa shape index (κ2) is 3.36. The van der Waals surface area contributed by atoms with Gasteiger partial charge in [-0.2, -0.15) is 4.37 Å². The van der Waals surface area contributed by atoms with Crippen LogP contribution in [0.1, 0.15) is 16.1 Å². The number of aliphatic hydroxyl groups excluding tert-OH is 1. The summed E-state index contributed by atoms with van der Waals surface area (Å²) < 4.78 is 4.30. The van der Waals surface area contributed by atoms with E-state index < -0.39 is 0 Å². The van der Waals surface area contributed by atoms with Crippen molar-refractivity contribution in [2.24, 2.45) is 0 Å². The molecule has 1 fully saturated rings. The van der Waals surface area contributed by atoms with Crippen molar-refractivity contribution in [2.45, 2.75) is 26.5 Å². The van der Waals surface area contributed by atoms with Gasteiger partial charge in [-0.3, -0.25) is 4.90 Å². The summed E-state index contributed by atoms with van der Waals surface area (Å²) in [6.07, 6.45) is -0.104. The summed E-state index contributed by atoms with van der Waals surface area (Å²) in [4.78, 5) is 3.55. The van der Waals surface area contributed by atoms with Crippen LogP contribution in [0.15, 0.2) is 0 Å². The van der Waals surface area contributed by atoms with E-state index in [2.05, 4.69) is 23.1 Å². The van der Waals surface area contributed by atoms with Gasteiger partial charge in [0.25, 0.3) is 0 Å². The molecule has 72 valence electrons. The van der Waals surface area contributed by atoms with Crippen molar-refractivity contribution in [3.63, 3.8) is 0 Å². The molecule has 13 heavy (non-hydrogen) atoms. The van der Waals surface area contributed by atoms with Crippen molar-refractivity contribution in [3.05, 3.63) is 16.1 Å². The molecule has 0 amide bonds. The lowest BCUT2D eigenvalue weighted by molar-refractivity contribution is -0.00302. The Balaban J connectivity index is 2.01. The third-order valence-corrected chi connectivity index (χ3v) is 3.39. The maximum Gasteiger partial charge on any atom is 0.0794 e. The maximum absolute atomic E-state index is 9.13. The van der Waals surface area contributed by atoms with E-state index in [1.54, 1.807) is 11.5 Å². The molecule has 1 aliphatic heterocycles. The first-order chi connectivity index (χ1) is 6.16. The number of aromatic nitrogens is 1. The number of aliphatic hydroxyl groups is 1. The van der Waals surface area contributed by atoms with Crippen molar-refractivity contribution in [3.8, 4) is 0 Å². The van der Waals surface area contributed by atoms with E-state index in [0.29, 0.717) is 0 Å². The summed E-state index contributed by atoms with van der Waals surface area (Å²) in [5.41, 5.74) is 2.49. The van der Waals surface area contributed by atoms with Gasteiger partial charge in [-0.15, -0.1) is 0 Å². The second-order valence-electron chi connectivity index (χ2n) is 3.65. The first-order valence-corrected chi connectivity index (χ1v) is 5.26. The minimum Gasteiger partial charge on any atom is -0.390 e. The SMILES string of the molecule is Cc1nsc(C)c1CN1CC(O)C1. The maximum atomic E-state index is 9.13. The molecule has 0 spiro atoms. The van der Waals surface area contributed by atoms with Gasteiger partial charge in [0.2, 0.25) is 0 Å². The zero-order valence-corrected chi connectivity index (χ0v) is 8.77. The topological polar surface area (TPSA) is 36.4 Å². The van der Waals surface area contributed by atoms with Crippen molar-refractivity contribution < 1.29 is 5.11 Å². The Kier molecular flexibility index (Phi) is 2.36. The summed E-state index contributed by atoms with van der Waals surface area (Å²) in [5.74, 6) is 0. The van der Waals surface area contributed by atoms with Crippen LogP contribution in [0.5, 0.6) is 0 Å². The smallest absolute Gasteiger partial charge is 0.0794 e. The Hall–Kier alpha value is -0.450. The van der Waals surface area contributed by atoms with E-state index in [-0.39, 0.29) is 6.10 Å². The fourth-order valence-electron chi connectivity index (χ4n) is 1.62. The van der Waals surface area contributed by atoms with Crippen LogP contribution in [0.4, 0.5) is 0 Å². The average Bonchev–Trinajstić information content (AvgIpc) is 2.32. The first kappa shape index (κ1) is 9.12. The van der Waals surface area contributed by atoms with Crippen molar-refractivity contribution in [1.29, 1.82) is 0 Å². The van der Waals surface area contributed by atoms with E-state index in [1.807, 2.05) is 0 Å². The van der Waals surface area contributed by atoms with Crippen LogP contribution in [0.3, 0.4) is 0 Å². The molecule has 0 radical (unpaired) electrons. The molecule has 1 saturated heterocycles. The summed E-state index contributed by atoms with van der Waals surface area (Å²) in [5, 5.41) is 9.13. The average molecular weight is 198 g/mol. The molecule has 1 aliphatic rings. The summed E-state index contributed by atoms with van der Waals surface area (Å²) >= 11 is 1.57. The lowest BCUT2D eigenvalue weighted by atomic mass is 10.1. The second-order valence-corrected chi connectivity index (χ2v) is 4.63. The predicted molar refractivity (Wildman–Crippen MR) is 52.9 cm³/mol. The minimum absolute atomic E-state index is 0.104. The van der Waals surface area contributed by atoms with Crippen LogP contribution in [-0.4, -0.2) is 33.6 Å². The molecule has 0 saturated carbocycles. The summed E-state index contributed by atoms with van der Waals surface area (Å²) in [6.45, 7) is 6.74. The molecule has 0 bridgehead atoms. The number of nitrogens with zero attached hydrogens (tertiary/aromatic N) is 2. The zero-order chi connectivity index (χ0) is 9.42. The van der Waals surface area contributed by atoms with Gasteiger partial charge in [-0.25, -0.2) is 0 Å². The Morgan fingerprint density at radius 1 is 1.54 bits per heavy atom. The molecule has 4 heteroatoms. The first-order valence-electron chi connectivity index (χ1n) is 4.49. The van der Waals surface area contributed by atoms with Gasteiger partial charge < -0.3 is 5.11 Å². The predicted octanol–water partition coefficient (Wildman–Crippen LogP) is 0.936. The van der Waals surface area contributed by atoms with Crippen LogP contribution >= 0.6 is 11.5 Å². The molecule has 2 heterocycles. The fraction of sp³-hybridized carbons (Fsp3) is 0.667. The zero-order valence-electron chi connectivity index (χ0n) is 7.95. The molecule has 1 aromatic rings. The highest BCUT2D eigenvalue weighted by molar-refractivity contribution is 7.05. The van der Waals surface area contributed by atoms with E-state index in [4.69, 9.17) is 5.11 Å². The number of likely N-dealkylation sites (tertiary alicyclic amines) is 1. The number of β-amino-alcohol motifs (C(OH)–C–C–N with tert-alkyl or cyclic N) is 1. The van der Waals surface area contributed by atoms with Crippen LogP contribution in [0, 0.1) is 13.8 Å². The third kappa shape index (κ3) is 1.75.